The maximum atomic E-state index is 13.3. The van der Waals surface area contributed by atoms with Gasteiger partial charge in [0.15, 0.2) is 0 Å². The largest absolute Gasteiger partial charge is 0.404 e. The minimum Gasteiger partial charge on any atom is -0.404 e. The van der Waals surface area contributed by atoms with Gasteiger partial charge in [0.2, 0.25) is 11.8 Å². The zero-order chi connectivity index (χ0) is 23.9. The molecule has 176 valence electrons. The third-order valence-corrected chi connectivity index (χ3v) is 7.17. The van der Waals surface area contributed by atoms with E-state index in [-0.39, 0.29) is 23.8 Å². The highest BCUT2D eigenvalue weighted by atomic mass is 16.2. The molecule has 3 aliphatic heterocycles. The lowest BCUT2D eigenvalue weighted by Crippen LogP contribution is -2.53. The molecule has 8 nitrogen and oxygen atoms in total. The highest BCUT2D eigenvalue weighted by Gasteiger charge is 2.40. The molecule has 5 rings (SSSR count). The summed E-state index contributed by atoms with van der Waals surface area (Å²) in [6, 6.07) is 8.86. The summed E-state index contributed by atoms with van der Waals surface area (Å²) in [4.78, 5) is 43.8. The van der Waals surface area contributed by atoms with Crippen molar-refractivity contribution in [1.29, 1.82) is 0 Å². The van der Waals surface area contributed by atoms with E-state index < -0.39 is 11.9 Å². The Hall–Kier alpha value is -3.52. The van der Waals surface area contributed by atoms with Gasteiger partial charge >= 0.3 is 0 Å². The van der Waals surface area contributed by atoms with Crippen LogP contribution in [0.4, 0.5) is 5.69 Å². The fourth-order valence-electron chi connectivity index (χ4n) is 5.16. The number of benzene rings is 2. The molecule has 0 aliphatic carbocycles. The fourth-order valence-corrected chi connectivity index (χ4v) is 5.16. The smallest absolute Gasteiger partial charge is 0.259 e. The molecule has 2 fully saturated rings. The summed E-state index contributed by atoms with van der Waals surface area (Å²) in [5, 5.41) is 7.53. The van der Waals surface area contributed by atoms with Gasteiger partial charge in [-0.2, -0.15) is 0 Å². The summed E-state index contributed by atoms with van der Waals surface area (Å²) < 4.78 is 0. The van der Waals surface area contributed by atoms with Crippen LogP contribution in [0.5, 0.6) is 0 Å². The molecular formula is C26H29N5O3. The molecule has 8 heteroatoms. The van der Waals surface area contributed by atoms with Crippen LogP contribution in [0.1, 0.15) is 48.5 Å². The molecule has 0 saturated carbocycles. The lowest BCUT2D eigenvalue weighted by Gasteiger charge is -2.30. The normalized spacial score (nSPS) is 22.6. The van der Waals surface area contributed by atoms with E-state index in [2.05, 4.69) is 17.6 Å². The van der Waals surface area contributed by atoms with E-state index in [0.29, 0.717) is 24.1 Å². The summed E-state index contributed by atoms with van der Waals surface area (Å²) in [7, 11) is 0. The first-order valence-corrected chi connectivity index (χ1v) is 11.8. The molecule has 0 radical (unpaired) electrons. The van der Waals surface area contributed by atoms with Crippen molar-refractivity contribution in [3.8, 4) is 0 Å². The number of hydrogen-bond donors (Lipinski definition) is 3. The van der Waals surface area contributed by atoms with Gasteiger partial charge in [-0.3, -0.25) is 29.6 Å². The predicted molar refractivity (Wildman–Crippen MR) is 132 cm³/mol. The van der Waals surface area contributed by atoms with Gasteiger partial charge in [-0.05, 0) is 74.1 Å². The number of nitrogens with one attached hydrogen (secondary N) is 2. The molecule has 0 bridgehead atoms. The lowest BCUT2D eigenvalue weighted by molar-refractivity contribution is -0.134. The van der Waals surface area contributed by atoms with Crippen molar-refractivity contribution in [3.63, 3.8) is 0 Å². The highest BCUT2D eigenvalue weighted by Crippen LogP contribution is 2.41. The summed E-state index contributed by atoms with van der Waals surface area (Å²) >= 11 is 0. The van der Waals surface area contributed by atoms with Crippen LogP contribution in [0.25, 0.3) is 10.8 Å². The second-order valence-corrected chi connectivity index (χ2v) is 9.54. The van der Waals surface area contributed by atoms with Gasteiger partial charge in [-0.1, -0.05) is 18.2 Å². The number of allylic oxidation sites excluding steroid dienone is 1. The maximum Gasteiger partial charge on any atom is 0.259 e. The number of rotatable bonds is 5. The first-order chi connectivity index (χ1) is 16.4. The van der Waals surface area contributed by atoms with Gasteiger partial charge in [-0.15, -0.1) is 0 Å². The van der Waals surface area contributed by atoms with Gasteiger partial charge in [0, 0.05) is 30.0 Å². The number of carbonyl (C=O) groups is 3. The lowest BCUT2D eigenvalue weighted by atomic mass is 9.91. The number of nitrogens with zero attached hydrogens (tertiary/aromatic N) is 2. The van der Waals surface area contributed by atoms with Crippen molar-refractivity contribution < 1.29 is 14.4 Å². The number of carbonyl (C=O) groups excluding carboxylic acids is 3. The molecule has 4 N–H and O–H groups in total. The number of amides is 3. The molecule has 1 atom stereocenters. The summed E-state index contributed by atoms with van der Waals surface area (Å²) in [5.41, 5.74) is 9.11. The van der Waals surface area contributed by atoms with Gasteiger partial charge in [0.1, 0.15) is 6.04 Å². The van der Waals surface area contributed by atoms with E-state index in [1.807, 2.05) is 30.5 Å². The summed E-state index contributed by atoms with van der Waals surface area (Å²) in [6.07, 6.45) is 6.57. The quantitative estimate of drug-likeness (QED) is 0.468. The first kappa shape index (κ1) is 22.3. The van der Waals surface area contributed by atoms with Gasteiger partial charge in [0.05, 0.1) is 11.2 Å². The van der Waals surface area contributed by atoms with E-state index in [1.54, 1.807) is 17.2 Å². The second kappa shape index (κ2) is 8.68. The standard InChI is InChI=1S/C26H29N5O3/c1-26(9-11-28-12-10-26)29-15-16(14-27)13-17-5-6-20-23-18(17)3-2-4-19(23)25(34)31(20)21-7-8-22(32)30-24(21)33/h2-6,14-15,21,28H,7-13,27H2,1H3,(H,30,32,33)/b16-14-,29-15?. The number of imide groups is 1. The highest BCUT2D eigenvalue weighted by molar-refractivity contribution is 6.27. The molecule has 3 amide bonds. The van der Waals surface area contributed by atoms with E-state index >= 15 is 0 Å². The Morgan fingerprint density at radius 1 is 1.21 bits per heavy atom. The third kappa shape index (κ3) is 3.88. The Labute approximate surface area is 198 Å². The van der Waals surface area contributed by atoms with Crippen LogP contribution in [0.2, 0.25) is 0 Å². The maximum absolute atomic E-state index is 13.3. The fraction of sp³-hybridized carbons (Fsp3) is 0.385. The summed E-state index contributed by atoms with van der Waals surface area (Å²) in [5.74, 6) is -0.931. The molecule has 1 unspecified atom stereocenters. The molecule has 34 heavy (non-hydrogen) atoms. The van der Waals surface area contributed by atoms with Crippen LogP contribution in [-0.4, -0.2) is 48.6 Å². The van der Waals surface area contributed by atoms with Crippen LogP contribution in [0.15, 0.2) is 47.1 Å². The van der Waals surface area contributed by atoms with Crippen LogP contribution < -0.4 is 21.3 Å². The van der Waals surface area contributed by atoms with Gasteiger partial charge in [0.25, 0.3) is 5.91 Å². The van der Waals surface area contributed by atoms with E-state index in [9.17, 15) is 14.4 Å². The van der Waals surface area contributed by atoms with E-state index in [4.69, 9.17) is 10.7 Å². The van der Waals surface area contributed by atoms with Crippen LogP contribution in [0, 0.1) is 0 Å². The Morgan fingerprint density at radius 3 is 2.74 bits per heavy atom. The van der Waals surface area contributed by atoms with Crippen molar-refractivity contribution >= 4 is 40.4 Å². The number of piperidine rings is 2. The van der Waals surface area contributed by atoms with Gasteiger partial charge < -0.3 is 11.1 Å². The van der Waals surface area contributed by atoms with Crippen molar-refractivity contribution in [1.82, 2.24) is 10.6 Å². The Kier molecular flexibility index (Phi) is 5.69. The topological polar surface area (TPSA) is 117 Å². The number of hydrogen-bond acceptors (Lipinski definition) is 6. The van der Waals surface area contributed by atoms with E-state index in [0.717, 1.165) is 47.8 Å². The van der Waals surface area contributed by atoms with Crippen LogP contribution in [0.3, 0.4) is 0 Å². The Balaban J connectivity index is 1.46. The third-order valence-electron chi connectivity index (χ3n) is 7.17. The first-order valence-electron chi connectivity index (χ1n) is 11.8. The zero-order valence-corrected chi connectivity index (χ0v) is 19.3. The average Bonchev–Trinajstić information content (AvgIpc) is 3.11. The van der Waals surface area contributed by atoms with Crippen molar-refractivity contribution in [2.45, 2.75) is 50.6 Å². The SMILES string of the molecule is CC1(N=C/C(=C\N)Cc2ccc3c4c(cccc24)C(=O)N3C2CCC(=O)NC2=O)CCNCC1. The number of nitrogens with two attached hydrogens (primary N) is 1. The Morgan fingerprint density at radius 2 is 2.00 bits per heavy atom. The Bertz CT molecular complexity index is 1240. The molecule has 2 aromatic rings. The molecule has 2 aromatic carbocycles. The molecule has 3 heterocycles. The van der Waals surface area contributed by atoms with E-state index in [1.165, 1.54) is 0 Å². The number of aliphatic imine (C=N–C) groups is 1. The molecular weight excluding hydrogens is 430 g/mol. The molecule has 2 saturated heterocycles. The molecule has 0 spiro atoms. The number of anilines is 1. The average molecular weight is 460 g/mol. The second-order valence-electron chi connectivity index (χ2n) is 9.54. The molecule has 0 aromatic heterocycles. The predicted octanol–water partition coefficient (Wildman–Crippen LogP) is 2.20. The minimum absolute atomic E-state index is 0.0869. The van der Waals surface area contributed by atoms with Gasteiger partial charge in [-0.25, -0.2) is 0 Å². The monoisotopic (exact) mass is 459 g/mol. The van der Waals surface area contributed by atoms with Crippen molar-refractivity contribution in [2.75, 3.05) is 18.0 Å². The minimum atomic E-state index is -0.691. The van der Waals surface area contributed by atoms with Crippen molar-refractivity contribution in [3.05, 3.63) is 53.2 Å². The molecule has 3 aliphatic rings. The summed E-state index contributed by atoms with van der Waals surface area (Å²) in [6.45, 7) is 4.09. The van der Waals surface area contributed by atoms with Crippen molar-refractivity contribution in [2.24, 2.45) is 10.7 Å². The van der Waals surface area contributed by atoms with Crippen LogP contribution >= 0.6 is 0 Å². The van der Waals surface area contributed by atoms with Crippen LogP contribution in [-0.2, 0) is 16.0 Å². The zero-order valence-electron chi connectivity index (χ0n) is 19.3.